The molecule has 3 rings (SSSR count). The minimum absolute atomic E-state index is 0.0441. The summed E-state index contributed by atoms with van der Waals surface area (Å²) in [6.45, 7) is -1.55. The predicted octanol–water partition coefficient (Wildman–Crippen LogP) is 5.24. The van der Waals surface area contributed by atoms with Gasteiger partial charge in [-0.1, -0.05) is 35.7 Å². The maximum Gasteiger partial charge on any atom is 0.422 e. The molecule has 0 unspecified atom stereocenters. The summed E-state index contributed by atoms with van der Waals surface area (Å²) in [5.74, 6) is -0.903. The Balaban J connectivity index is 1.92. The molecule has 1 amide bonds. The molecule has 10 heteroatoms. The van der Waals surface area contributed by atoms with Gasteiger partial charge in [-0.25, -0.2) is 4.98 Å². The number of ketones is 1. The molecule has 1 aromatic carbocycles. The quantitative estimate of drug-likeness (QED) is 0.662. The van der Waals surface area contributed by atoms with Gasteiger partial charge >= 0.3 is 6.18 Å². The number of hydrogen-bond donors (Lipinski definition) is 1. The summed E-state index contributed by atoms with van der Waals surface area (Å²) in [5.41, 5.74) is 0.590. The van der Waals surface area contributed by atoms with Crippen LogP contribution in [-0.2, 0) is 4.79 Å². The lowest BCUT2D eigenvalue weighted by Gasteiger charge is -2.21. The van der Waals surface area contributed by atoms with Crippen molar-refractivity contribution >= 4 is 34.9 Å². The highest BCUT2D eigenvalue weighted by molar-refractivity contribution is 6.42. The summed E-state index contributed by atoms with van der Waals surface area (Å²) >= 11 is 11.9. The van der Waals surface area contributed by atoms with Gasteiger partial charge in [-0.15, -0.1) is 0 Å². The van der Waals surface area contributed by atoms with Gasteiger partial charge in [-0.3, -0.25) is 9.59 Å². The van der Waals surface area contributed by atoms with Gasteiger partial charge in [0, 0.05) is 18.2 Å². The lowest BCUT2D eigenvalue weighted by molar-refractivity contribution is -0.154. The minimum atomic E-state index is -4.56. The zero-order valence-corrected chi connectivity index (χ0v) is 17.1. The van der Waals surface area contributed by atoms with Crippen molar-refractivity contribution in [3.05, 3.63) is 46.1 Å². The number of amides is 1. The van der Waals surface area contributed by atoms with Gasteiger partial charge in [-0.05, 0) is 36.6 Å². The van der Waals surface area contributed by atoms with Crippen LogP contribution in [0, 0.1) is 0 Å². The molecule has 0 spiro atoms. The lowest BCUT2D eigenvalue weighted by atomic mass is 9.94. The van der Waals surface area contributed by atoms with E-state index in [9.17, 15) is 22.8 Å². The number of rotatable bonds is 5. The van der Waals surface area contributed by atoms with Gasteiger partial charge in [0.05, 0.1) is 21.7 Å². The molecule has 1 atom stereocenters. The summed E-state index contributed by atoms with van der Waals surface area (Å²) in [6, 6.07) is 5.20. The van der Waals surface area contributed by atoms with E-state index in [1.165, 1.54) is 24.3 Å². The van der Waals surface area contributed by atoms with Crippen LogP contribution in [-0.4, -0.2) is 35.5 Å². The third-order valence-corrected chi connectivity index (χ3v) is 5.32. The maximum atomic E-state index is 12.6. The van der Waals surface area contributed by atoms with E-state index >= 15 is 0 Å². The molecule has 1 saturated carbocycles. The number of aromatic nitrogens is 1. The number of carbonyl (C=O) groups excluding carboxylic acids is 2. The van der Waals surface area contributed by atoms with Crippen molar-refractivity contribution in [2.75, 3.05) is 6.61 Å². The van der Waals surface area contributed by atoms with E-state index in [-0.39, 0.29) is 32.8 Å². The molecule has 2 aromatic rings. The number of carbonyl (C=O) groups is 2. The fraction of sp³-hybridized carbons (Fsp3) is 0.350. The smallest absolute Gasteiger partial charge is 0.422 e. The topological polar surface area (TPSA) is 68.3 Å². The Hall–Kier alpha value is -2.32. The average molecular weight is 461 g/mol. The number of halogens is 5. The zero-order valence-electron chi connectivity index (χ0n) is 15.6. The van der Waals surface area contributed by atoms with Crippen LogP contribution in [0.2, 0.25) is 10.0 Å². The van der Waals surface area contributed by atoms with E-state index < -0.39 is 24.7 Å². The lowest BCUT2D eigenvalue weighted by Crippen LogP contribution is -2.42. The largest absolute Gasteiger partial charge is 0.468 e. The molecule has 1 aromatic heterocycles. The Morgan fingerprint density at radius 3 is 2.63 bits per heavy atom. The number of alkyl halides is 3. The molecule has 1 heterocycles. The highest BCUT2D eigenvalue weighted by atomic mass is 35.5. The van der Waals surface area contributed by atoms with Crippen LogP contribution in [0.5, 0.6) is 5.88 Å². The monoisotopic (exact) mass is 460 g/mol. The van der Waals surface area contributed by atoms with Crippen LogP contribution in [0.4, 0.5) is 13.2 Å². The second-order valence-electron chi connectivity index (χ2n) is 6.85. The molecule has 0 radical (unpaired) electrons. The molecule has 1 aliphatic rings. The van der Waals surface area contributed by atoms with Crippen molar-refractivity contribution in [1.29, 1.82) is 0 Å². The summed E-state index contributed by atoms with van der Waals surface area (Å²) in [5, 5.41) is 3.10. The molecule has 5 nitrogen and oxygen atoms in total. The van der Waals surface area contributed by atoms with Crippen molar-refractivity contribution in [3.63, 3.8) is 0 Å². The van der Waals surface area contributed by atoms with Gasteiger partial charge in [-0.2, -0.15) is 13.2 Å². The standard InChI is InChI=1S/C20H17Cl2F3N2O3/c21-14-6-5-11(8-15(14)22)13-7-12(9-26-19(13)30-10-20(23,24)25)18(29)27-16-3-1-2-4-17(16)28/h5-9,16H,1-4,10H2,(H,27,29)/t16-/m0/s1. The number of benzene rings is 1. The van der Waals surface area contributed by atoms with Crippen molar-refractivity contribution in [1.82, 2.24) is 10.3 Å². The number of hydrogen-bond acceptors (Lipinski definition) is 4. The predicted molar refractivity (Wildman–Crippen MR) is 106 cm³/mol. The van der Waals surface area contributed by atoms with Gasteiger partial charge in [0.15, 0.2) is 12.4 Å². The molecule has 30 heavy (non-hydrogen) atoms. The van der Waals surface area contributed by atoms with Crippen molar-refractivity contribution in [3.8, 4) is 17.0 Å². The first-order valence-electron chi connectivity index (χ1n) is 9.12. The Labute approximate surface area is 180 Å². The van der Waals surface area contributed by atoms with Gasteiger partial charge in [0.2, 0.25) is 5.88 Å². The third kappa shape index (κ3) is 5.64. The molecule has 0 saturated heterocycles. The van der Waals surface area contributed by atoms with E-state index in [0.717, 1.165) is 19.0 Å². The summed E-state index contributed by atoms with van der Waals surface area (Å²) in [7, 11) is 0. The molecule has 0 aliphatic heterocycles. The number of nitrogens with one attached hydrogen (secondary N) is 1. The fourth-order valence-corrected chi connectivity index (χ4v) is 3.39. The number of ether oxygens (including phenoxy) is 1. The second-order valence-corrected chi connectivity index (χ2v) is 7.66. The Morgan fingerprint density at radius 1 is 1.20 bits per heavy atom. The molecular weight excluding hydrogens is 444 g/mol. The zero-order chi connectivity index (χ0) is 21.9. The van der Waals surface area contributed by atoms with Crippen LogP contribution < -0.4 is 10.1 Å². The van der Waals surface area contributed by atoms with Crippen LogP contribution in [0.3, 0.4) is 0 Å². The first-order valence-corrected chi connectivity index (χ1v) is 9.88. The van der Waals surface area contributed by atoms with Crippen LogP contribution in [0.15, 0.2) is 30.5 Å². The third-order valence-electron chi connectivity index (χ3n) is 4.58. The van der Waals surface area contributed by atoms with Crippen molar-refractivity contribution < 1.29 is 27.5 Å². The van der Waals surface area contributed by atoms with E-state index in [0.29, 0.717) is 18.4 Å². The van der Waals surface area contributed by atoms with Crippen molar-refractivity contribution in [2.45, 2.75) is 37.9 Å². The first kappa shape index (κ1) is 22.4. The molecule has 1 N–H and O–H groups in total. The maximum absolute atomic E-state index is 12.6. The van der Waals surface area contributed by atoms with Gasteiger partial charge in [0.25, 0.3) is 5.91 Å². The Kier molecular flexibility index (Phi) is 6.88. The Bertz CT molecular complexity index is 967. The summed E-state index contributed by atoms with van der Waals surface area (Å²) < 4.78 is 42.7. The summed E-state index contributed by atoms with van der Waals surface area (Å²) in [4.78, 5) is 28.5. The van der Waals surface area contributed by atoms with Gasteiger partial charge < -0.3 is 10.1 Å². The number of Topliss-reactive ketones (excluding diaryl/α,β-unsaturated/α-hetero) is 1. The van der Waals surface area contributed by atoms with Crippen LogP contribution in [0.1, 0.15) is 36.0 Å². The Morgan fingerprint density at radius 2 is 1.97 bits per heavy atom. The second kappa shape index (κ2) is 9.22. The normalized spacial score (nSPS) is 17.0. The molecule has 0 bridgehead atoms. The van der Waals surface area contributed by atoms with E-state index in [1.54, 1.807) is 0 Å². The van der Waals surface area contributed by atoms with E-state index in [2.05, 4.69) is 10.3 Å². The molecule has 160 valence electrons. The highest BCUT2D eigenvalue weighted by Crippen LogP contribution is 2.34. The van der Waals surface area contributed by atoms with Crippen LogP contribution in [0.25, 0.3) is 11.1 Å². The molecular formula is C20H17Cl2F3N2O3. The average Bonchev–Trinajstić information content (AvgIpc) is 2.69. The number of nitrogens with zero attached hydrogens (tertiary/aromatic N) is 1. The minimum Gasteiger partial charge on any atom is -0.468 e. The van der Waals surface area contributed by atoms with E-state index in [1.807, 2.05) is 0 Å². The van der Waals surface area contributed by atoms with Crippen molar-refractivity contribution in [2.24, 2.45) is 0 Å². The van der Waals surface area contributed by atoms with Gasteiger partial charge in [0.1, 0.15) is 0 Å². The first-order chi connectivity index (χ1) is 14.1. The molecule has 1 aliphatic carbocycles. The number of pyridine rings is 1. The summed E-state index contributed by atoms with van der Waals surface area (Å²) in [6.07, 6.45) is -0.886. The SMILES string of the molecule is O=C(N[C@H]1CCCCC1=O)c1cnc(OCC(F)(F)F)c(-c2ccc(Cl)c(Cl)c2)c1. The van der Waals surface area contributed by atoms with Crippen LogP contribution >= 0.6 is 23.2 Å². The fourth-order valence-electron chi connectivity index (χ4n) is 3.09. The highest BCUT2D eigenvalue weighted by Gasteiger charge is 2.30. The van der Waals surface area contributed by atoms with E-state index in [4.69, 9.17) is 27.9 Å². The molecule has 1 fully saturated rings.